The Morgan fingerprint density at radius 2 is 1.86 bits per heavy atom. The van der Waals surface area contributed by atoms with Gasteiger partial charge in [-0.15, -0.1) is 10.2 Å². The number of ketones is 1. The Morgan fingerprint density at radius 1 is 1.11 bits per heavy atom. The molecule has 1 amide bonds. The number of thioether (sulfide) groups is 1. The number of aromatic nitrogens is 2. The van der Waals surface area contributed by atoms with Crippen molar-refractivity contribution in [3.63, 3.8) is 0 Å². The molecule has 0 spiro atoms. The van der Waals surface area contributed by atoms with Crippen molar-refractivity contribution in [2.75, 3.05) is 11.1 Å². The topological polar surface area (TPSA) is 85.1 Å². The van der Waals surface area contributed by atoms with Crippen LogP contribution in [-0.2, 0) is 4.79 Å². The molecule has 0 unspecified atom stereocenters. The predicted octanol–water partition coefficient (Wildman–Crippen LogP) is 4.59. The Hall–Kier alpha value is -3.00. The fraction of sp³-hybridized carbons (Fsp3) is 0.200. The summed E-state index contributed by atoms with van der Waals surface area (Å²) < 4.78 is 19.2. The van der Waals surface area contributed by atoms with Gasteiger partial charge in [-0.1, -0.05) is 30.8 Å². The van der Waals surface area contributed by atoms with Crippen LogP contribution >= 0.6 is 11.8 Å². The molecule has 1 aromatic heterocycles. The normalized spacial score (nSPS) is 10.6. The highest BCUT2D eigenvalue weighted by Gasteiger charge is 2.14. The lowest BCUT2D eigenvalue weighted by molar-refractivity contribution is -0.116. The maximum atomic E-state index is 13.8. The molecule has 0 fully saturated rings. The van der Waals surface area contributed by atoms with Gasteiger partial charge in [0, 0.05) is 17.7 Å². The fourth-order valence-corrected chi connectivity index (χ4v) is 3.07. The molecular weight excluding hydrogens is 381 g/mol. The number of nitrogens with zero attached hydrogens (tertiary/aromatic N) is 2. The smallest absolute Gasteiger partial charge is 0.277 e. The van der Waals surface area contributed by atoms with E-state index < -0.39 is 5.82 Å². The number of carbonyl (C=O) groups is 2. The maximum Gasteiger partial charge on any atom is 0.277 e. The van der Waals surface area contributed by atoms with Crippen molar-refractivity contribution in [2.45, 2.75) is 25.0 Å². The molecule has 0 saturated heterocycles. The number of carbonyl (C=O) groups excluding carboxylic acids is 2. The zero-order chi connectivity index (χ0) is 19.9. The minimum absolute atomic E-state index is 0.0563. The number of benzene rings is 2. The zero-order valence-electron chi connectivity index (χ0n) is 15.1. The summed E-state index contributed by atoms with van der Waals surface area (Å²) in [5, 5.41) is 10.6. The van der Waals surface area contributed by atoms with Crippen molar-refractivity contribution in [3.05, 3.63) is 59.9 Å². The number of halogens is 1. The number of hydrogen-bond acceptors (Lipinski definition) is 6. The molecule has 1 N–H and O–H groups in total. The molecule has 0 radical (unpaired) electrons. The van der Waals surface area contributed by atoms with Gasteiger partial charge in [0.25, 0.3) is 11.1 Å². The van der Waals surface area contributed by atoms with Gasteiger partial charge in [0.15, 0.2) is 5.78 Å². The molecule has 0 aliphatic heterocycles. The molecule has 0 aliphatic carbocycles. The van der Waals surface area contributed by atoms with E-state index in [1.807, 2.05) is 6.92 Å². The lowest BCUT2D eigenvalue weighted by Crippen LogP contribution is -2.10. The summed E-state index contributed by atoms with van der Waals surface area (Å²) in [6, 6.07) is 12.8. The first-order valence-corrected chi connectivity index (χ1v) is 9.69. The number of hydrogen-bond donors (Lipinski definition) is 1. The lowest BCUT2D eigenvalue weighted by atomic mass is 10.1. The van der Waals surface area contributed by atoms with Crippen LogP contribution in [0.2, 0.25) is 0 Å². The second kappa shape index (κ2) is 9.27. The Bertz CT molecular complexity index is 973. The van der Waals surface area contributed by atoms with E-state index in [9.17, 15) is 14.0 Å². The van der Waals surface area contributed by atoms with E-state index in [1.165, 1.54) is 6.07 Å². The highest BCUT2D eigenvalue weighted by atomic mass is 32.2. The van der Waals surface area contributed by atoms with Gasteiger partial charge >= 0.3 is 0 Å². The van der Waals surface area contributed by atoms with Gasteiger partial charge in [0.1, 0.15) is 5.82 Å². The minimum atomic E-state index is -0.454. The van der Waals surface area contributed by atoms with Crippen molar-refractivity contribution < 1.29 is 18.4 Å². The average Bonchev–Trinajstić information content (AvgIpc) is 3.16. The molecule has 3 rings (SSSR count). The number of rotatable bonds is 8. The first-order chi connectivity index (χ1) is 13.6. The predicted molar refractivity (Wildman–Crippen MR) is 105 cm³/mol. The van der Waals surface area contributed by atoms with Crippen LogP contribution in [0.3, 0.4) is 0 Å². The zero-order valence-corrected chi connectivity index (χ0v) is 16.0. The van der Waals surface area contributed by atoms with Crippen molar-refractivity contribution in [3.8, 4) is 11.5 Å². The van der Waals surface area contributed by atoms with Crippen molar-refractivity contribution >= 4 is 29.1 Å². The molecule has 8 heteroatoms. The van der Waals surface area contributed by atoms with E-state index in [2.05, 4.69) is 15.5 Å². The van der Waals surface area contributed by atoms with Gasteiger partial charge in [-0.05, 0) is 42.8 Å². The van der Waals surface area contributed by atoms with Crippen molar-refractivity contribution in [1.29, 1.82) is 0 Å². The van der Waals surface area contributed by atoms with Gasteiger partial charge in [-0.25, -0.2) is 4.39 Å². The summed E-state index contributed by atoms with van der Waals surface area (Å²) in [7, 11) is 0. The minimum Gasteiger partial charge on any atom is -0.411 e. The summed E-state index contributed by atoms with van der Waals surface area (Å²) in [6.07, 6.45) is 1.23. The van der Waals surface area contributed by atoms with Crippen LogP contribution in [0.1, 0.15) is 30.1 Å². The van der Waals surface area contributed by atoms with Gasteiger partial charge in [-0.3, -0.25) is 9.59 Å². The van der Waals surface area contributed by atoms with Crippen LogP contribution in [-0.4, -0.2) is 27.6 Å². The second-order valence-corrected chi connectivity index (χ2v) is 6.87. The van der Waals surface area contributed by atoms with Crippen LogP contribution in [0.4, 0.5) is 10.1 Å². The van der Waals surface area contributed by atoms with E-state index in [4.69, 9.17) is 4.42 Å². The van der Waals surface area contributed by atoms with E-state index in [0.29, 0.717) is 17.7 Å². The van der Waals surface area contributed by atoms with Gasteiger partial charge in [0.2, 0.25) is 5.91 Å². The van der Waals surface area contributed by atoms with E-state index in [-0.39, 0.29) is 34.1 Å². The summed E-state index contributed by atoms with van der Waals surface area (Å²) in [4.78, 5) is 23.9. The van der Waals surface area contributed by atoms with Crippen LogP contribution in [0.25, 0.3) is 11.5 Å². The maximum absolute atomic E-state index is 13.8. The molecule has 3 aromatic rings. The molecule has 0 saturated carbocycles. The highest BCUT2D eigenvalue weighted by Crippen LogP contribution is 2.25. The SMILES string of the molecule is CCCC(=O)Nc1ccc(C(=O)CSc2nnc(-c3ccccc3F)o2)cc1. The van der Waals surface area contributed by atoms with E-state index in [0.717, 1.165) is 18.2 Å². The first kappa shape index (κ1) is 19.8. The molecule has 0 aliphatic rings. The second-order valence-electron chi connectivity index (χ2n) is 5.94. The van der Waals surface area contributed by atoms with Crippen molar-refractivity contribution in [2.24, 2.45) is 0 Å². The Balaban J connectivity index is 1.57. The van der Waals surface area contributed by atoms with Crippen LogP contribution in [0, 0.1) is 5.82 Å². The first-order valence-electron chi connectivity index (χ1n) is 8.71. The average molecular weight is 399 g/mol. The molecule has 28 heavy (non-hydrogen) atoms. The van der Waals surface area contributed by atoms with Gasteiger partial charge in [0.05, 0.1) is 11.3 Å². The molecule has 0 atom stereocenters. The number of anilines is 1. The van der Waals surface area contributed by atoms with Gasteiger partial charge in [-0.2, -0.15) is 0 Å². The fourth-order valence-electron chi connectivity index (χ4n) is 2.41. The summed E-state index contributed by atoms with van der Waals surface area (Å²) >= 11 is 1.08. The van der Waals surface area contributed by atoms with Crippen LogP contribution < -0.4 is 5.32 Å². The Morgan fingerprint density at radius 3 is 2.57 bits per heavy atom. The number of nitrogens with one attached hydrogen (secondary N) is 1. The molecule has 144 valence electrons. The molecule has 6 nitrogen and oxygen atoms in total. The molecular formula is C20H18FN3O3S. The summed E-state index contributed by atoms with van der Waals surface area (Å²) in [5.41, 5.74) is 1.37. The monoisotopic (exact) mass is 399 g/mol. The van der Waals surface area contributed by atoms with Crippen LogP contribution in [0.15, 0.2) is 58.2 Å². The largest absolute Gasteiger partial charge is 0.411 e. The number of amides is 1. The van der Waals surface area contributed by atoms with Crippen molar-refractivity contribution in [1.82, 2.24) is 10.2 Å². The Kier molecular flexibility index (Phi) is 6.54. The molecule has 2 aromatic carbocycles. The third kappa shape index (κ3) is 5.04. The third-order valence-electron chi connectivity index (χ3n) is 3.81. The van der Waals surface area contributed by atoms with E-state index in [1.54, 1.807) is 42.5 Å². The van der Waals surface area contributed by atoms with Gasteiger partial charge < -0.3 is 9.73 Å². The van der Waals surface area contributed by atoms with Crippen LogP contribution in [0.5, 0.6) is 0 Å². The highest BCUT2D eigenvalue weighted by molar-refractivity contribution is 7.99. The number of Topliss-reactive ketones (excluding diaryl/α,β-unsaturated/α-hetero) is 1. The summed E-state index contributed by atoms with van der Waals surface area (Å²) in [5.74, 6) is -0.466. The molecule has 1 heterocycles. The Labute approximate surface area is 165 Å². The summed E-state index contributed by atoms with van der Waals surface area (Å²) in [6.45, 7) is 1.93. The molecule has 0 bridgehead atoms. The lowest BCUT2D eigenvalue weighted by Gasteiger charge is -2.05. The standard InChI is InChI=1S/C20H18FN3O3S/c1-2-5-18(26)22-14-10-8-13(9-11-14)17(25)12-28-20-24-23-19(27-20)15-6-3-4-7-16(15)21/h3-4,6-11H,2,5,12H2,1H3,(H,22,26). The third-order valence-corrected chi connectivity index (χ3v) is 4.62. The van der Waals surface area contributed by atoms with E-state index >= 15 is 0 Å². The quantitative estimate of drug-likeness (QED) is 0.440.